The second-order valence-electron chi connectivity index (χ2n) is 6.01. The fourth-order valence-electron chi connectivity index (χ4n) is 2.80. The van der Waals surface area contributed by atoms with Crippen LogP contribution in [0.2, 0.25) is 0 Å². The zero-order valence-electron chi connectivity index (χ0n) is 16.1. The number of hydrazone groups is 1. The van der Waals surface area contributed by atoms with E-state index in [1.165, 1.54) is 0 Å². The number of halogens is 1. The summed E-state index contributed by atoms with van der Waals surface area (Å²) in [6.45, 7) is 2.27. The van der Waals surface area contributed by atoms with Crippen LogP contribution in [0.5, 0.6) is 17.2 Å². The Morgan fingerprint density at radius 2 is 1.86 bits per heavy atom. The molecular weight excluding hydrogens is 436 g/mol. The maximum atomic E-state index is 12.1. The van der Waals surface area contributed by atoms with Crippen LogP contribution in [0, 0.1) is 0 Å². The predicted octanol–water partition coefficient (Wildman–Crippen LogP) is 4.54. The average Bonchev–Trinajstić information content (AvgIpc) is 2.74. The normalized spacial score (nSPS) is 10.9. The van der Waals surface area contributed by atoms with E-state index in [1.807, 2.05) is 49.4 Å². The number of hydrogen-bond acceptors (Lipinski definition) is 5. The fourth-order valence-corrected chi connectivity index (χ4v) is 3.14. The van der Waals surface area contributed by atoms with Gasteiger partial charge in [0.1, 0.15) is 5.75 Å². The van der Waals surface area contributed by atoms with E-state index in [9.17, 15) is 4.79 Å². The fraction of sp³-hybridized carbons (Fsp3) is 0.182. The smallest absolute Gasteiger partial charge is 0.277 e. The molecule has 0 atom stereocenters. The van der Waals surface area contributed by atoms with Crippen molar-refractivity contribution in [3.05, 3.63) is 64.6 Å². The van der Waals surface area contributed by atoms with Crippen LogP contribution in [0.25, 0.3) is 10.8 Å². The van der Waals surface area contributed by atoms with Gasteiger partial charge in [-0.2, -0.15) is 5.10 Å². The Labute approximate surface area is 177 Å². The second-order valence-corrected chi connectivity index (χ2v) is 6.92. The van der Waals surface area contributed by atoms with Crippen molar-refractivity contribution in [2.75, 3.05) is 20.3 Å². The van der Waals surface area contributed by atoms with Gasteiger partial charge in [-0.1, -0.05) is 46.3 Å². The molecule has 0 radical (unpaired) electrons. The molecular formula is C22H21BrN2O4. The number of rotatable bonds is 8. The Kier molecular flexibility index (Phi) is 7.08. The molecule has 3 rings (SSSR count). The van der Waals surface area contributed by atoms with Crippen LogP contribution in [0.3, 0.4) is 0 Å². The number of methoxy groups -OCH3 is 1. The van der Waals surface area contributed by atoms with Gasteiger partial charge in [-0.05, 0) is 42.0 Å². The van der Waals surface area contributed by atoms with Gasteiger partial charge in [-0.15, -0.1) is 0 Å². The number of fused-ring (bicyclic) bond motifs is 1. The van der Waals surface area contributed by atoms with Gasteiger partial charge in [0.25, 0.3) is 5.91 Å². The summed E-state index contributed by atoms with van der Waals surface area (Å²) >= 11 is 3.36. The topological polar surface area (TPSA) is 69.2 Å². The third-order valence-electron chi connectivity index (χ3n) is 4.10. The van der Waals surface area contributed by atoms with Gasteiger partial charge in [0.2, 0.25) is 0 Å². The third kappa shape index (κ3) is 5.26. The Morgan fingerprint density at radius 1 is 1.07 bits per heavy atom. The molecule has 0 fully saturated rings. The minimum absolute atomic E-state index is 0.191. The second kappa shape index (κ2) is 9.93. The van der Waals surface area contributed by atoms with Gasteiger partial charge >= 0.3 is 0 Å². The number of carbonyl (C=O) groups is 1. The molecule has 3 aromatic carbocycles. The van der Waals surface area contributed by atoms with Crippen LogP contribution in [0.4, 0.5) is 0 Å². The molecule has 3 aromatic rings. The quantitative estimate of drug-likeness (QED) is 0.399. The molecule has 0 aromatic heterocycles. The maximum Gasteiger partial charge on any atom is 0.277 e. The molecule has 7 heteroatoms. The van der Waals surface area contributed by atoms with Gasteiger partial charge in [0.05, 0.1) is 19.9 Å². The predicted molar refractivity (Wildman–Crippen MR) is 117 cm³/mol. The molecule has 6 nitrogen and oxygen atoms in total. The molecule has 29 heavy (non-hydrogen) atoms. The number of benzene rings is 3. The number of nitrogens with one attached hydrogen (secondary N) is 1. The first-order valence-electron chi connectivity index (χ1n) is 9.05. The highest BCUT2D eigenvalue weighted by Crippen LogP contribution is 2.30. The van der Waals surface area contributed by atoms with E-state index in [4.69, 9.17) is 14.2 Å². The molecule has 0 saturated heterocycles. The Bertz CT molecular complexity index is 1040. The minimum Gasteiger partial charge on any atom is -0.493 e. The molecule has 0 unspecified atom stereocenters. The minimum atomic E-state index is -0.385. The molecule has 0 aliphatic rings. The summed E-state index contributed by atoms with van der Waals surface area (Å²) in [5.41, 5.74) is 3.29. The van der Waals surface area contributed by atoms with Crippen LogP contribution >= 0.6 is 15.9 Å². The van der Waals surface area contributed by atoms with E-state index in [-0.39, 0.29) is 12.5 Å². The summed E-state index contributed by atoms with van der Waals surface area (Å²) in [5.74, 6) is 1.33. The van der Waals surface area contributed by atoms with E-state index in [0.717, 1.165) is 20.8 Å². The standard InChI is InChI=1S/C22H21BrN2O4/c1-3-28-19-10-8-15-6-4-5-7-17(15)18(19)13-24-25-22(26)14-29-20-11-9-16(23)12-21(20)27-2/h4-13H,3,14H2,1-2H3,(H,25,26)/b24-13-. The Balaban J connectivity index is 1.68. The number of nitrogens with zero attached hydrogens (tertiary/aromatic N) is 1. The highest BCUT2D eigenvalue weighted by molar-refractivity contribution is 9.10. The van der Waals surface area contributed by atoms with Crippen molar-refractivity contribution >= 4 is 38.8 Å². The first-order valence-corrected chi connectivity index (χ1v) is 9.84. The lowest BCUT2D eigenvalue weighted by Gasteiger charge is -2.11. The monoisotopic (exact) mass is 456 g/mol. The number of hydrogen-bond donors (Lipinski definition) is 1. The first kappa shape index (κ1) is 20.7. The van der Waals surface area contributed by atoms with Crippen LogP contribution in [0.15, 0.2) is 64.2 Å². The van der Waals surface area contributed by atoms with Crippen molar-refractivity contribution in [1.82, 2.24) is 5.43 Å². The van der Waals surface area contributed by atoms with Crippen molar-refractivity contribution in [2.45, 2.75) is 6.92 Å². The van der Waals surface area contributed by atoms with Crippen LogP contribution < -0.4 is 19.6 Å². The van der Waals surface area contributed by atoms with E-state index in [1.54, 1.807) is 25.5 Å². The van der Waals surface area contributed by atoms with Crippen LogP contribution in [0.1, 0.15) is 12.5 Å². The molecule has 0 bridgehead atoms. The summed E-state index contributed by atoms with van der Waals surface area (Å²) in [6.07, 6.45) is 1.59. The summed E-state index contributed by atoms with van der Waals surface area (Å²) in [4.78, 5) is 12.1. The molecule has 1 amide bonds. The highest BCUT2D eigenvalue weighted by atomic mass is 79.9. The van der Waals surface area contributed by atoms with Crippen molar-refractivity contribution in [2.24, 2.45) is 5.10 Å². The zero-order valence-corrected chi connectivity index (χ0v) is 17.7. The molecule has 0 heterocycles. The molecule has 0 spiro atoms. The lowest BCUT2D eigenvalue weighted by Crippen LogP contribution is -2.24. The van der Waals surface area contributed by atoms with E-state index < -0.39 is 0 Å². The Morgan fingerprint density at radius 3 is 2.66 bits per heavy atom. The number of carbonyl (C=O) groups excluding carboxylic acids is 1. The SMILES string of the molecule is CCOc1ccc2ccccc2c1/C=N\NC(=O)COc1ccc(Br)cc1OC. The maximum absolute atomic E-state index is 12.1. The van der Waals surface area contributed by atoms with Crippen LogP contribution in [-0.2, 0) is 4.79 Å². The van der Waals surface area contributed by atoms with Gasteiger partial charge in [-0.25, -0.2) is 5.43 Å². The van der Waals surface area contributed by atoms with E-state index in [0.29, 0.717) is 23.9 Å². The van der Waals surface area contributed by atoms with Gasteiger partial charge in [-0.3, -0.25) is 4.79 Å². The van der Waals surface area contributed by atoms with Crippen molar-refractivity contribution in [3.63, 3.8) is 0 Å². The lowest BCUT2D eigenvalue weighted by molar-refractivity contribution is -0.123. The van der Waals surface area contributed by atoms with Crippen LogP contribution in [-0.4, -0.2) is 32.4 Å². The number of ether oxygens (including phenoxy) is 3. The first-order chi connectivity index (χ1) is 14.1. The summed E-state index contributed by atoms with van der Waals surface area (Å²) < 4.78 is 17.3. The average molecular weight is 457 g/mol. The molecule has 0 saturated carbocycles. The summed E-state index contributed by atoms with van der Waals surface area (Å²) in [6, 6.07) is 17.1. The zero-order chi connectivity index (χ0) is 20.6. The van der Waals surface area contributed by atoms with Crippen molar-refractivity contribution in [3.8, 4) is 17.2 Å². The Hall–Kier alpha value is -3.06. The largest absolute Gasteiger partial charge is 0.493 e. The van der Waals surface area contributed by atoms with Crippen molar-refractivity contribution < 1.29 is 19.0 Å². The molecule has 0 aliphatic heterocycles. The van der Waals surface area contributed by atoms with Crippen molar-refractivity contribution in [1.29, 1.82) is 0 Å². The van der Waals surface area contributed by atoms with Gasteiger partial charge in [0, 0.05) is 10.0 Å². The van der Waals surface area contributed by atoms with Gasteiger partial charge < -0.3 is 14.2 Å². The molecule has 150 valence electrons. The summed E-state index contributed by atoms with van der Waals surface area (Å²) in [5, 5.41) is 6.14. The highest BCUT2D eigenvalue weighted by Gasteiger charge is 2.09. The molecule has 1 N–H and O–H groups in total. The van der Waals surface area contributed by atoms with E-state index in [2.05, 4.69) is 26.5 Å². The van der Waals surface area contributed by atoms with E-state index >= 15 is 0 Å². The number of amides is 1. The third-order valence-corrected chi connectivity index (χ3v) is 4.59. The molecule has 0 aliphatic carbocycles. The summed E-state index contributed by atoms with van der Waals surface area (Å²) in [7, 11) is 1.54. The lowest BCUT2D eigenvalue weighted by atomic mass is 10.0. The van der Waals surface area contributed by atoms with Gasteiger partial charge in [0.15, 0.2) is 18.1 Å².